The van der Waals surface area contributed by atoms with Gasteiger partial charge in [0.1, 0.15) is 5.65 Å². The predicted molar refractivity (Wildman–Crippen MR) is 65.7 cm³/mol. The zero-order chi connectivity index (χ0) is 16.5. The number of nitrogens with one attached hydrogen (secondary N) is 1. The fourth-order valence-electron chi connectivity index (χ4n) is 1.76. The Hall–Kier alpha value is -2.78. The number of pyridine rings is 1. The van der Waals surface area contributed by atoms with Crippen LogP contribution in [0.1, 0.15) is 23.0 Å². The number of rotatable bonds is 3. The summed E-state index contributed by atoms with van der Waals surface area (Å²) in [5, 5.41) is 8.55. The van der Waals surface area contributed by atoms with Gasteiger partial charge >= 0.3 is 18.3 Å². The van der Waals surface area contributed by atoms with Gasteiger partial charge in [0, 0.05) is 11.5 Å². The molecule has 2 heterocycles. The monoisotopic (exact) mass is 318 g/mol. The lowest BCUT2D eigenvalue weighted by atomic mass is 10.1. The third-order valence-electron chi connectivity index (χ3n) is 2.54. The van der Waals surface area contributed by atoms with Crippen molar-refractivity contribution in [3.8, 4) is 5.88 Å². The predicted octanol–water partition coefficient (Wildman–Crippen LogP) is 2.82. The Bertz CT molecular complexity index is 738. The highest BCUT2D eigenvalue weighted by molar-refractivity contribution is 5.95. The average Bonchev–Trinajstić information content (AvgIpc) is 2.76. The Morgan fingerprint density at radius 3 is 2.59 bits per heavy atom. The van der Waals surface area contributed by atoms with Crippen LogP contribution in [0.5, 0.6) is 5.88 Å². The van der Waals surface area contributed by atoms with Crippen molar-refractivity contribution in [2.24, 2.45) is 0 Å². The molecule has 0 radical (unpaired) electrons. The standard InChI is InChI=1S/C12H9F3N2O5/c1-2-21-10(18)6-3-5-4-7(22-11(19)20)16-9(5)17-8(6)12(13,14)15/h3-4H,2H2,1H3,(H,16,17)(H,19,20). The number of carbonyl (C=O) groups is 2. The molecule has 0 unspecified atom stereocenters. The second kappa shape index (κ2) is 5.54. The molecule has 2 rings (SSSR count). The fraction of sp³-hybridized carbons (Fsp3) is 0.250. The minimum absolute atomic E-state index is 0.0762. The van der Waals surface area contributed by atoms with E-state index < -0.39 is 29.6 Å². The summed E-state index contributed by atoms with van der Waals surface area (Å²) >= 11 is 0. The van der Waals surface area contributed by atoms with Crippen molar-refractivity contribution in [2.75, 3.05) is 6.61 Å². The highest BCUT2D eigenvalue weighted by atomic mass is 19.4. The highest BCUT2D eigenvalue weighted by Gasteiger charge is 2.38. The Balaban J connectivity index is 2.60. The molecular weight excluding hydrogens is 309 g/mol. The number of hydrogen-bond donors (Lipinski definition) is 2. The lowest BCUT2D eigenvalue weighted by molar-refractivity contribution is -0.141. The van der Waals surface area contributed by atoms with Crippen LogP contribution >= 0.6 is 0 Å². The van der Waals surface area contributed by atoms with Crippen LogP contribution in [0.3, 0.4) is 0 Å². The molecule has 118 valence electrons. The smallest absolute Gasteiger partial charge is 0.462 e. The van der Waals surface area contributed by atoms with Crippen LogP contribution in [-0.2, 0) is 10.9 Å². The topological polar surface area (TPSA) is 102 Å². The van der Waals surface area contributed by atoms with Crippen LogP contribution in [0.25, 0.3) is 11.0 Å². The van der Waals surface area contributed by atoms with Crippen molar-refractivity contribution in [1.29, 1.82) is 0 Å². The molecule has 0 aliphatic carbocycles. The number of aromatic amines is 1. The fourth-order valence-corrected chi connectivity index (χ4v) is 1.76. The third kappa shape index (κ3) is 3.10. The summed E-state index contributed by atoms with van der Waals surface area (Å²) in [4.78, 5) is 27.7. The van der Waals surface area contributed by atoms with Gasteiger partial charge in [-0.15, -0.1) is 0 Å². The Labute approximate surface area is 120 Å². The van der Waals surface area contributed by atoms with E-state index in [0.29, 0.717) is 0 Å². The van der Waals surface area contributed by atoms with Gasteiger partial charge in [-0.05, 0) is 13.0 Å². The number of halogens is 3. The molecule has 0 aliphatic rings. The van der Waals surface area contributed by atoms with Crippen molar-refractivity contribution in [2.45, 2.75) is 13.1 Å². The minimum atomic E-state index is -4.88. The summed E-state index contributed by atoms with van der Waals surface area (Å²) in [6.07, 6.45) is -6.52. The quantitative estimate of drug-likeness (QED) is 0.844. The van der Waals surface area contributed by atoms with Crippen molar-refractivity contribution in [3.05, 3.63) is 23.4 Å². The number of nitrogens with zero attached hydrogens (tertiary/aromatic N) is 1. The average molecular weight is 318 g/mol. The number of carbonyl (C=O) groups excluding carboxylic acids is 1. The van der Waals surface area contributed by atoms with Gasteiger partial charge in [-0.3, -0.25) is 0 Å². The van der Waals surface area contributed by atoms with Gasteiger partial charge in [-0.25, -0.2) is 14.6 Å². The molecule has 0 bridgehead atoms. The second-order valence-electron chi connectivity index (χ2n) is 4.04. The summed E-state index contributed by atoms with van der Waals surface area (Å²) in [5.74, 6) is -1.49. The first kappa shape index (κ1) is 15.6. The molecule has 0 spiro atoms. The summed E-state index contributed by atoms with van der Waals surface area (Å²) in [7, 11) is 0. The molecule has 0 saturated heterocycles. The van der Waals surface area contributed by atoms with Crippen molar-refractivity contribution >= 4 is 23.2 Å². The summed E-state index contributed by atoms with van der Waals surface area (Å²) in [5.41, 5.74) is -2.46. The third-order valence-corrected chi connectivity index (χ3v) is 2.54. The van der Waals surface area contributed by atoms with E-state index in [0.717, 1.165) is 12.1 Å². The SMILES string of the molecule is CCOC(=O)c1cc2cc(OC(=O)O)[nH]c2nc1C(F)(F)F. The number of esters is 1. The number of carboxylic acid groups (broad SMARTS) is 1. The van der Waals surface area contributed by atoms with Gasteiger partial charge in [0.05, 0.1) is 12.2 Å². The zero-order valence-electron chi connectivity index (χ0n) is 11.0. The van der Waals surface area contributed by atoms with Gasteiger partial charge in [-0.1, -0.05) is 0 Å². The van der Waals surface area contributed by atoms with Gasteiger partial charge in [0.15, 0.2) is 5.69 Å². The van der Waals surface area contributed by atoms with Gasteiger partial charge < -0.3 is 19.6 Å². The first-order valence-electron chi connectivity index (χ1n) is 5.91. The van der Waals surface area contributed by atoms with Crippen LogP contribution in [0, 0.1) is 0 Å². The number of aromatic nitrogens is 2. The molecule has 0 fully saturated rings. The molecule has 2 N–H and O–H groups in total. The largest absolute Gasteiger partial charge is 0.512 e. The Morgan fingerprint density at radius 2 is 2.05 bits per heavy atom. The molecule has 0 atom stereocenters. The van der Waals surface area contributed by atoms with Crippen molar-refractivity contribution in [1.82, 2.24) is 9.97 Å². The Morgan fingerprint density at radius 1 is 1.36 bits per heavy atom. The van der Waals surface area contributed by atoms with Crippen LogP contribution in [-0.4, -0.2) is 33.8 Å². The maximum Gasteiger partial charge on any atom is 0.512 e. The first-order valence-corrected chi connectivity index (χ1v) is 5.91. The number of fused-ring (bicyclic) bond motifs is 1. The molecule has 2 aromatic rings. The molecular formula is C12H9F3N2O5. The summed E-state index contributed by atoms with van der Waals surface area (Å²) in [6.45, 7) is 1.35. The van der Waals surface area contributed by atoms with Gasteiger partial charge in [0.2, 0.25) is 5.88 Å². The molecule has 10 heteroatoms. The number of H-pyrrole nitrogens is 1. The maximum atomic E-state index is 13.0. The van der Waals surface area contributed by atoms with Crippen LogP contribution in [0.4, 0.5) is 18.0 Å². The zero-order valence-corrected chi connectivity index (χ0v) is 11.0. The summed E-state index contributed by atoms with van der Waals surface area (Å²) < 4.78 is 47.8. The van der Waals surface area contributed by atoms with E-state index in [1.165, 1.54) is 6.92 Å². The van der Waals surface area contributed by atoms with E-state index in [2.05, 4.69) is 19.4 Å². The molecule has 0 amide bonds. The maximum absolute atomic E-state index is 13.0. The van der Waals surface area contributed by atoms with Gasteiger partial charge in [-0.2, -0.15) is 13.2 Å². The van der Waals surface area contributed by atoms with Gasteiger partial charge in [0.25, 0.3) is 0 Å². The molecule has 0 saturated carbocycles. The minimum Gasteiger partial charge on any atom is -0.462 e. The second-order valence-corrected chi connectivity index (χ2v) is 4.04. The van der Waals surface area contributed by atoms with Crippen molar-refractivity contribution in [3.63, 3.8) is 0 Å². The van der Waals surface area contributed by atoms with E-state index in [-0.39, 0.29) is 23.5 Å². The molecule has 2 aromatic heterocycles. The van der Waals surface area contributed by atoms with E-state index in [1.54, 1.807) is 0 Å². The van der Waals surface area contributed by atoms with E-state index in [9.17, 15) is 22.8 Å². The van der Waals surface area contributed by atoms with E-state index in [4.69, 9.17) is 5.11 Å². The first-order chi connectivity index (χ1) is 10.2. The molecule has 0 aliphatic heterocycles. The van der Waals surface area contributed by atoms with Crippen LogP contribution < -0.4 is 4.74 Å². The number of alkyl halides is 3. The van der Waals surface area contributed by atoms with Crippen molar-refractivity contribution < 1.29 is 37.3 Å². The van der Waals surface area contributed by atoms with E-state index in [1.807, 2.05) is 0 Å². The molecule has 0 aromatic carbocycles. The van der Waals surface area contributed by atoms with E-state index >= 15 is 0 Å². The Kier molecular flexibility index (Phi) is 3.93. The molecule has 7 nitrogen and oxygen atoms in total. The van der Waals surface area contributed by atoms with Crippen LogP contribution in [0.2, 0.25) is 0 Å². The number of hydrogen-bond acceptors (Lipinski definition) is 5. The molecule has 22 heavy (non-hydrogen) atoms. The summed E-state index contributed by atoms with van der Waals surface area (Å²) in [6, 6.07) is 2.02. The normalized spacial score (nSPS) is 11.5. The number of ether oxygens (including phenoxy) is 2. The van der Waals surface area contributed by atoms with Crippen LogP contribution in [0.15, 0.2) is 12.1 Å². The highest BCUT2D eigenvalue weighted by Crippen LogP contribution is 2.33. The lowest BCUT2D eigenvalue weighted by Gasteiger charge is -2.11. The lowest BCUT2D eigenvalue weighted by Crippen LogP contribution is -2.17.